The zero-order chi connectivity index (χ0) is 22.0. The molecule has 7 nitrogen and oxygen atoms in total. The third kappa shape index (κ3) is 4.63. The first kappa shape index (κ1) is 20.7. The third-order valence-electron chi connectivity index (χ3n) is 5.38. The van der Waals surface area contributed by atoms with Gasteiger partial charge in [-0.25, -0.2) is 14.4 Å². The lowest BCUT2D eigenvalue weighted by Crippen LogP contribution is -2.45. The van der Waals surface area contributed by atoms with Crippen LogP contribution in [0.2, 0.25) is 0 Å². The first-order chi connectivity index (χ1) is 14.9. The molecule has 1 N–H and O–H groups in total. The van der Waals surface area contributed by atoms with Gasteiger partial charge in [-0.2, -0.15) is 0 Å². The molecular weight excluding hydrogens is 397 g/mol. The summed E-state index contributed by atoms with van der Waals surface area (Å²) in [7, 11) is 1.87. The van der Waals surface area contributed by atoms with Crippen molar-refractivity contribution in [3.8, 4) is 5.75 Å². The topological polar surface area (TPSA) is 80.2 Å². The molecule has 0 aliphatic carbocycles. The number of nitrogens with zero attached hydrogens (tertiary/aromatic N) is 4. The summed E-state index contributed by atoms with van der Waals surface area (Å²) in [5, 5.41) is 2.89. The second kappa shape index (κ2) is 8.67. The highest BCUT2D eigenvalue weighted by atomic mass is 19.1. The SMILES string of the molecule is Cc1nc(CCc2ccc(OCc3ccc(F)cc3)cn2)nc2c1NC(=O)[C@H](C)N2C. The molecule has 160 valence electrons. The van der Waals surface area contributed by atoms with Gasteiger partial charge < -0.3 is 15.0 Å². The number of benzene rings is 1. The van der Waals surface area contributed by atoms with Crippen LogP contribution in [-0.4, -0.2) is 33.9 Å². The molecule has 2 aromatic heterocycles. The van der Waals surface area contributed by atoms with Gasteiger partial charge in [-0.1, -0.05) is 12.1 Å². The van der Waals surface area contributed by atoms with Gasteiger partial charge in [0.2, 0.25) is 5.91 Å². The molecule has 1 aliphatic heterocycles. The van der Waals surface area contributed by atoms with Crippen molar-refractivity contribution in [2.45, 2.75) is 39.3 Å². The Morgan fingerprint density at radius 2 is 1.90 bits per heavy atom. The van der Waals surface area contributed by atoms with Crippen LogP contribution in [0.15, 0.2) is 42.6 Å². The summed E-state index contributed by atoms with van der Waals surface area (Å²) in [4.78, 5) is 27.6. The fraction of sp³-hybridized carbons (Fsp3) is 0.304. The maximum Gasteiger partial charge on any atom is 0.246 e. The van der Waals surface area contributed by atoms with E-state index in [0.29, 0.717) is 36.7 Å². The van der Waals surface area contributed by atoms with E-state index in [2.05, 4.69) is 20.3 Å². The van der Waals surface area contributed by atoms with E-state index >= 15 is 0 Å². The van der Waals surface area contributed by atoms with Gasteiger partial charge in [0.1, 0.15) is 35.7 Å². The summed E-state index contributed by atoms with van der Waals surface area (Å²) in [5.74, 6) is 1.79. The molecule has 0 saturated carbocycles. The van der Waals surface area contributed by atoms with E-state index in [1.54, 1.807) is 18.3 Å². The van der Waals surface area contributed by atoms with Crippen molar-refractivity contribution in [1.82, 2.24) is 15.0 Å². The largest absolute Gasteiger partial charge is 0.487 e. The molecule has 8 heteroatoms. The standard InChI is InChI=1S/C23H24FN5O2/c1-14-21-22(29(3)15(2)23(30)28-21)27-20(26-14)11-9-18-8-10-19(12-25-18)31-13-16-4-6-17(24)7-5-16/h4-8,10,12,15H,9,11,13H2,1-3H3,(H,28,30)/t15-/m0/s1. The Morgan fingerprint density at radius 3 is 2.61 bits per heavy atom. The summed E-state index contributed by atoms with van der Waals surface area (Å²) in [6.07, 6.45) is 3.00. The summed E-state index contributed by atoms with van der Waals surface area (Å²) < 4.78 is 18.7. The summed E-state index contributed by atoms with van der Waals surface area (Å²) in [5.41, 5.74) is 3.23. The van der Waals surface area contributed by atoms with Crippen molar-refractivity contribution in [1.29, 1.82) is 0 Å². The average Bonchev–Trinajstić information content (AvgIpc) is 2.77. The van der Waals surface area contributed by atoms with Crippen molar-refractivity contribution >= 4 is 17.4 Å². The molecular formula is C23H24FN5O2. The summed E-state index contributed by atoms with van der Waals surface area (Å²) >= 11 is 0. The van der Waals surface area contributed by atoms with Gasteiger partial charge in [0.15, 0.2) is 5.82 Å². The van der Waals surface area contributed by atoms with E-state index in [1.165, 1.54) is 12.1 Å². The number of ether oxygens (including phenoxy) is 1. The Bertz CT molecular complexity index is 1090. The number of aryl methyl sites for hydroxylation is 3. The van der Waals surface area contributed by atoms with E-state index in [9.17, 15) is 9.18 Å². The number of fused-ring (bicyclic) bond motifs is 1. The van der Waals surface area contributed by atoms with Crippen molar-refractivity contribution in [3.05, 3.63) is 71.2 Å². The Balaban J connectivity index is 1.38. The van der Waals surface area contributed by atoms with Crippen molar-refractivity contribution in [2.24, 2.45) is 0 Å². The van der Waals surface area contributed by atoms with Gasteiger partial charge in [-0.05, 0) is 50.1 Å². The number of likely N-dealkylation sites (N-methyl/N-ethyl adjacent to an activating group) is 1. The molecule has 0 bridgehead atoms. The van der Waals surface area contributed by atoms with Crippen LogP contribution < -0.4 is 15.0 Å². The highest BCUT2D eigenvalue weighted by Gasteiger charge is 2.30. The molecule has 4 rings (SSSR count). The first-order valence-electron chi connectivity index (χ1n) is 10.1. The van der Waals surface area contributed by atoms with E-state index < -0.39 is 0 Å². The highest BCUT2D eigenvalue weighted by Crippen LogP contribution is 2.31. The Labute approximate surface area is 180 Å². The second-order valence-electron chi connectivity index (χ2n) is 7.60. The normalized spacial score (nSPS) is 15.4. The number of hydrogen-bond donors (Lipinski definition) is 1. The molecule has 1 aliphatic rings. The quantitative estimate of drug-likeness (QED) is 0.657. The maximum absolute atomic E-state index is 13.0. The Kier molecular flexibility index (Phi) is 5.79. The van der Waals surface area contributed by atoms with Crippen LogP contribution in [0.4, 0.5) is 15.9 Å². The molecule has 3 aromatic rings. The predicted molar refractivity (Wildman–Crippen MR) is 116 cm³/mol. The van der Waals surface area contributed by atoms with Crippen molar-refractivity contribution in [2.75, 3.05) is 17.3 Å². The highest BCUT2D eigenvalue weighted by molar-refractivity contribution is 6.02. The molecule has 0 saturated heterocycles. The number of halogens is 1. The molecule has 0 unspecified atom stereocenters. The van der Waals surface area contributed by atoms with E-state index in [1.807, 2.05) is 37.9 Å². The van der Waals surface area contributed by atoms with Gasteiger partial charge in [-0.3, -0.25) is 9.78 Å². The molecule has 3 heterocycles. The smallest absolute Gasteiger partial charge is 0.246 e. The molecule has 1 amide bonds. The number of nitrogens with one attached hydrogen (secondary N) is 1. The maximum atomic E-state index is 13.0. The zero-order valence-electron chi connectivity index (χ0n) is 17.7. The minimum Gasteiger partial charge on any atom is -0.487 e. The van der Waals surface area contributed by atoms with Gasteiger partial charge in [0.05, 0.1) is 11.9 Å². The summed E-state index contributed by atoms with van der Waals surface area (Å²) in [6.45, 7) is 4.07. The lowest BCUT2D eigenvalue weighted by Gasteiger charge is -2.32. The van der Waals surface area contributed by atoms with E-state index in [-0.39, 0.29) is 17.8 Å². The van der Waals surface area contributed by atoms with Crippen LogP contribution in [0.25, 0.3) is 0 Å². The van der Waals surface area contributed by atoms with Crippen LogP contribution in [0.5, 0.6) is 5.75 Å². The van der Waals surface area contributed by atoms with Gasteiger partial charge in [0.25, 0.3) is 0 Å². The number of anilines is 2. The number of hydrogen-bond acceptors (Lipinski definition) is 6. The minimum atomic E-state index is -0.279. The van der Waals surface area contributed by atoms with E-state index in [4.69, 9.17) is 4.74 Å². The van der Waals surface area contributed by atoms with Gasteiger partial charge in [-0.15, -0.1) is 0 Å². The first-order valence-corrected chi connectivity index (χ1v) is 10.1. The second-order valence-corrected chi connectivity index (χ2v) is 7.60. The predicted octanol–water partition coefficient (Wildman–Crippen LogP) is 3.46. The van der Waals surface area contributed by atoms with E-state index in [0.717, 1.165) is 22.8 Å². The Hall–Kier alpha value is -3.55. The number of rotatable bonds is 6. The molecule has 0 radical (unpaired) electrons. The third-order valence-corrected chi connectivity index (χ3v) is 5.38. The minimum absolute atomic E-state index is 0.0552. The molecule has 1 atom stereocenters. The fourth-order valence-corrected chi connectivity index (χ4v) is 3.35. The number of carbonyl (C=O) groups is 1. The molecule has 0 spiro atoms. The fourth-order valence-electron chi connectivity index (χ4n) is 3.35. The van der Waals surface area contributed by atoms with Gasteiger partial charge >= 0.3 is 0 Å². The average molecular weight is 421 g/mol. The van der Waals surface area contributed by atoms with Crippen LogP contribution in [0.1, 0.15) is 29.7 Å². The van der Waals surface area contributed by atoms with Crippen LogP contribution in [-0.2, 0) is 24.2 Å². The van der Waals surface area contributed by atoms with Crippen LogP contribution in [0.3, 0.4) is 0 Å². The lowest BCUT2D eigenvalue weighted by atomic mass is 10.1. The zero-order valence-corrected chi connectivity index (χ0v) is 17.7. The Morgan fingerprint density at radius 1 is 1.13 bits per heavy atom. The van der Waals surface area contributed by atoms with Crippen LogP contribution >= 0.6 is 0 Å². The monoisotopic (exact) mass is 421 g/mol. The molecule has 1 aromatic carbocycles. The number of aromatic nitrogens is 3. The summed E-state index contributed by atoms with van der Waals surface area (Å²) in [6, 6.07) is 9.73. The molecule has 0 fully saturated rings. The van der Waals surface area contributed by atoms with Crippen molar-refractivity contribution < 1.29 is 13.9 Å². The van der Waals surface area contributed by atoms with Crippen molar-refractivity contribution in [3.63, 3.8) is 0 Å². The van der Waals surface area contributed by atoms with Gasteiger partial charge in [0, 0.05) is 19.2 Å². The number of amides is 1. The number of pyridine rings is 1. The lowest BCUT2D eigenvalue weighted by molar-refractivity contribution is -0.117. The number of carbonyl (C=O) groups excluding carboxylic acids is 1. The van der Waals surface area contributed by atoms with Crippen LogP contribution in [0, 0.1) is 12.7 Å². The molecule has 31 heavy (non-hydrogen) atoms.